The van der Waals surface area contributed by atoms with Crippen LogP contribution in [0.25, 0.3) is 22.4 Å². The molecule has 0 spiro atoms. The summed E-state index contributed by atoms with van der Waals surface area (Å²) >= 11 is 0. The fourth-order valence-electron chi connectivity index (χ4n) is 3.60. The fourth-order valence-corrected chi connectivity index (χ4v) is 3.60. The Hall–Kier alpha value is -5.05. The van der Waals surface area contributed by atoms with Crippen LogP contribution < -0.4 is 16.4 Å². The second-order valence-electron chi connectivity index (χ2n) is 7.66. The number of hydrazine groups is 1. The van der Waals surface area contributed by atoms with Crippen molar-refractivity contribution in [2.24, 2.45) is 0 Å². The molecule has 2 aromatic carbocycles. The first kappa shape index (κ1) is 21.8. The third-order valence-corrected chi connectivity index (χ3v) is 5.30. The molecule has 5 aromatic rings. The van der Waals surface area contributed by atoms with Gasteiger partial charge in [-0.3, -0.25) is 25.2 Å². The Labute approximate surface area is 199 Å². The number of pyridine rings is 1. The van der Waals surface area contributed by atoms with Gasteiger partial charge in [0.1, 0.15) is 5.69 Å². The van der Waals surface area contributed by atoms with Gasteiger partial charge in [0.2, 0.25) is 0 Å². The first-order valence-electron chi connectivity index (χ1n) is 10.7. The highest BCUT2D eigenvalue weighted by atomic mass is 16.3. The van der Waals surface area contributed by atoms with Gasteiger partial charge in [-0.2, -0.15) is 5.10 Å². The highest BCUT2D eigenvalue weighted by Crippen LogP contribution is 2.25. The summed E-state index contributed by atoms with van der Waals surface area (Å²) in [7, 11) is 0. The van der Waals surface area contributed by atoms with Crippen LogP contribution in [0, 0.1) is 0 Å². The van der Waals surface area contributed by atoms with Crippen molar-refractivity contribution in [1.82, 2.24) is 25.6 Å². The van der Waals surface area contributed by atoms with Gasteiger partial charge in [-0.15, -0.1) is 0 Å². The van der Waals surface area contributed by atoms with Crippen LogP contribution in [0.4, 0.5) is 0 Å². The normalized spacial score (nSPS) is 10.7. The predicted octanol–water partition coefficient (Wildman–Crippen LogP) is 3.17. The molecule has 2 amide bonds. The van der Waals surface area contributed by atoms with Crippen molar-refractivity contribution < 1.29 is 14.0 Å². The van der Waals surface area contributed by atoms with Crippen molar-refractivity contribution in [3.05, 3.63) is 118 Å². The van der Waals surface area contributed by atoms with Crippen molar-refractivity contribution in [2.45, 2.75) is 6.54 Å². The number of hydrogen-bond acceptors (Lipinski definition) is 6. The molecule has 9 heteroatoms. The molecule has 0 saturated carbocycles. The second kappa shape index (κ2) is 9.44. The lowest BCUT2D eigenvalue weighted by Gasteiger charge is -2.11. The molecule has 0 atom stereocenters. The minimum Gasteiger partial charge on any atom is -0.463 e. The zero-order chi connectivity index (χ0) is 24.2. The molecule has 0 radical (unpaired) electrons. The quantitative estimate of drug-likeness (QED) is 0.385. The van der Waals surface area contributed by atoms with Crippen LogP contribution >= 0.6 is 0 Å². The third-order valence-electron chi connectivity index (χ3n) is 5.30. The number of amides is 2. The molecule has 3 heterocycles. The Morgan fingerprint density at radius 1 is 0.857 bits per heavy atom. The summed E-state index contributed by atoms with van der Waals surface area (Å²) in [4.78, 5) is 42.4. The van der Waals surface area contributed by atoms with E-state index in [1.165, 1.54) is 23.1 Å². The molecule has 2 N–H and O–H groups in total. The largest absolute Gasteiger partial charge is 0.463 e. The van der Waals surface area contributed by atoms with E-state index in [4.69, 9.17) is 4.42 Å². The molecule has 35 heavy (non-hydrogen) atoms. The highest BCUT2D eigenvalue weighted by molar-refractivity contribution is 6.08. The number of rotatable bonds is 5. The molecule has 172 valence electrons. The number of carbonyl (C=O) groups is 2. The van der Waals surface area contributed by atoms with Crippen molar-refractivity contribution in [3.63, 3.8) is 0 Å². The highest BCUT2D eigenvalue weighted by Gasteiger charge is 2.17. The number of furan rings is 1. The summed E-state index contributed by atoms with van der Waals surface area (Å²) in [5.41, 5.74) is 6.69. The summed E-state index contributed by atoms with van der Waals surface area (Å²) in [5.74, 6) is -0.689. The lowest BCUT2D eigenvalue weighted by Crippen LogP contribution is -2.42. The Kier molecular flexibility index (Phi) is 5.87. The number of carbonyl (C=O) groups excluding carboxylic acids is 2. The predicted molar refractivity (Wildman–Crippen MR) is 128 cm³/mol. The lowest BCUT2D eigenvalue weighted by atomic mass is 10.1. The standard InChI is InChI=1S/C26H19N5O4/c32-24-13-12-21(30-31(24)16-17-7-2-1-3-8-17)26(34)29-28-25(33)19-15-22(23-11-6-14-35-23)27-20-10-5-4-9-18(19)20/h1-15H,16H2,(H,28,33)(H,29,34). The molecule has 0 unspecified atom stereocenters. The van der Waals surface area contributed by atoms with Crippen LogP contribution in [0.1, 0.15) is 26.4 Å². The Bertz CT molecular complexity index is 1580. The number of nitrogens with zero attached hydrogens (tertiary/aromatic N) is 3. The molecule has 0 aliphatic rings. The second-order valence-corrected chi connectivity index (χ2v) is 7.66. The van der Waals surface area contributed by atoms with E-state index in [1.807, 2.05) is 36.4 Å². The molecule has 9 nitrogen and oxygen atoms in total. The van der Waals surface area contributed by atoms with Crippen LogP contribution in [0.5, 0.6) is 0 Å². The smallest absolute Gasteiger partial charge is 0.290 e. The first-order chi connectivity index (χ1) is 17.1. The van der Waals surface area contributed by atoms with Gasteiger partial charge in [-0.05, 0) is 35.9 Å². The number of nitrogens with one attached hydrogen (secondary N) is 2. The SMILES string of the molecule is O=C(NNC(=O)c1cc(-c2ccco2)nc2ccccc12)c1ccc(=O)n(Cc2ccccc2)n1. The van der Waals surface area contributed by atoms with Gasteiger partial charge < -0.3 is 4.42 Å². The van der Waals surface area contributed by atoms with Crippen LogP contribution in [-0.2, 0) is 6.54 Å². The third kappa shape index (κ3) is 4.69. The van der Waals surface area contributed by atoms with Gasteiger partial charge in [0.25, 0.3) is 17.4 Å². The Morgan fingerprint density at radius 3 is 2.43 bits per heavy atom. The summed E-state index contributed by atoms with van der Waals surface area (Å²) < 4.78 is 6.62. The van der Waals surface area contributed by atoms with Crippen molar-refractivity contribution in [3.8, 4) is 11.5 Å². The molecule has 5 rings (SSSR count). The van der Waals surface area contributed by atoms with E-state index >= 15 is 0 Å². The summed E-state index contributed by atoms with van der Waals surface area (Å²) in [6.07, 6.45) is 1.52. The molecule has 0 bridgehead atoms. The molecule has 0 aliphatic heterocycles. The maximum Gasteiger partial charge on any atom is 0.290 e. The van der Waals surface area contributed by atoms with Gasteiger partial charge in [-0.25, -0.2) is 9.67 Å². The first-order valence-corrected chi connectivity index (χ1v) is 10.7. The number of fused-ring (bicyclic) bond motifs is 1. The van der Waals surface area contributed by atoms with Crippen molar-refractivity contribution in [1.29, 1.82) is 0 Å². The fraction of sp³-hybridized carbons (Fsp3) is 0.0385. The van der Waals surface area contributed by atoms with E-state index in [0.29, 0.717) is 27.9 Å². The number of benzene rings is 2. The van der Waals surface area contributed by atoms with E-state index in [2.05, 4.69) is 20.9 Å². The average molecular weight is 465 g/mol. The van der Waals surface area contributed by atoms with Crippen LogP contribution in [0.2, 0.25) is 0 Å². The topological polar surface area (TPSA) is 119 Å². The number of para-hydroxylation sites is 1. The average Bonchev–Trinajstić information content (AvgIpc) is 3.43. The van der Waals surface area contributed by atoms with Crippen molar-refractivity contribution in [2.75, 3.05) is 0 Å². The Balaban J connectivity index is 1.36. The molecule has 3 aromatic heterocycles. The van der Waals surface area contributed by atoms with Crippen LogP contribution in [0.15, 0.2) is 100 Å². The summed E-state index contributed by atoms with van der Waals surface area (Å²) in [5, 5.41) is 4.75. The number of aromatic nitrogens is 3. The van der Waals surface area contributed by atoms with Gasteiger partial charge in [0, 0.05) is 11.5 Å². The lowest BCUT2D eigenvalue weighted by molar-refractivity contribution is 0.0843. The molecular formula is C26H19N5O4. The van der Waals surface area contributed by atoms with E-state index in [-0.39, 0.29) is 17.8 Å². The molecule has 0 fully saturated rings. The summed E-state index contributed by atoms with van der Waals surface area (Å²) in [6, 6.07) is 24.1. The molecular weight excluding hydrogens is 446 g/mol. The Morgan fingerprint density at radius 2 is 1.63 bits per heavy atom. The number of hydrogen-bond donors (Lipinski definition) is 2. The molecule has 0 aliphatic carbocycles. The molecule has 0 saturated heterocycles. The van der Waals surface area contributed by atoms with Gasteiger partial charge in [-0.1, -0.05) is 48.5 Å². The zero-order valence-corrected chi connectivity index (χ0v) is 18.3. The van der Waals surface area contributed by atoms with E-state index in [9.17, 15) is 14.4 Å². The van der Waals surface area contributed by atoms with Gasteiger partial charge in [0.15, 0.2) is 11.5 Å². The van der Waals surface area contributed by atoms with E-state index < -0.39 is 11.8 Å². The minimum absolute atomic E-state index is 0.0170. The summed E-state index contributed by atoms with van der Waals surface area (Å²) in [6.45, 7) is 0.214. The maximum absolute atomic E-state index is 13.0. The maximum atomic E-state index is 13.0. The van der Waals surface area contributed by atoms with E-state index in [1.54, 1.807) is 36.4 Å². The zero-order valence-electron chi connectivity index (χ0n) is 18.3. The van der Waals surface area contributed by atoms with Crippen molar-refractivity contribution >= 4 is 22.7 Å². The van der Waals surface area contributed by atoms with Gasteiger partial charge in [0.05, 0.1) is 23.9 Å². The van der Waals surface area contributed by atoms with Crippen LogP contribution in [0.3, 0.4) is 0 Å². The van der Waals surface area contributed by atoms with Gasteiger partial charge >= 0.3 is 0 Å². The minimum atomic E-state index is -0.662. The van der Waals surface area contributed by atoms with E-state index in [0.717, 1.165) is 5.56 Å². The van der Waals surface area contributed by atoms with Crippen LogP contribution in [-0.4, -0.2) is 26.6 Å². The monoisotopic (exact) mass is 465 g/mol.